The van der Waals surface area contributed by atoms with Gasteiger partial charge in [-0.3, -0.25) is 0 Å². The van der Waals surface area contributed by atoms with Crippen LogP contribution in [0.3, 0.4) is 0 Å². The third-order valence-corrected chi connectivity index (χ3v) is 4.09. The summed E-state index contributed by atoms with van der Waals surface area (Å²) < 4.78 is 31.8. The molecule has 8 heteroatoms. The maximum atomic E-state index is 10.1. The number of methoxy groups -OCH3 is 2. The zero-order valence-corrected chi connectivity index (χ0v) is 17.5. The summed E-state index contributed by atoms with van der Waals surface area (Å²) >= 11 is 0. The Morgan fingerprint density at radius 2 is 0.967 bits per heavy atom. The highest BCUT2D eigenvalue weighted by Crippen LogP contribution is 2.35. The Morgan fingerprint density at radius 3 is 1.37 bits per heavy atom. The first-order chi connectivity index (χ1) is 14.7. The second-order valence-corrected chi connectivity index (χ2v) is 6.27. The number of benzene rings is 2. The number of hydrogen-bond acceptors (Lipinski definition) is 8. The maximum absolute atomic E-state index is 10.1. The molecule has 2 aromatic rings. The number of rotatable bonds is 15. The zero-order chi connectivity index (χ0) is 21.6. The summed E-state index contributed by atoms with van der Waals surface area (Å²) in [6.07, 6.45) is 0. The van der Waals surface area contributed by atoms with Crippen molar-refractivity contribution in [3.8, 4) is 34.1 Å². The van der Waals surface area contributed by atoms with E-state index in [0.29, 0.717) is 64.4 Å². The van der Waals surface area contributed by atoms with Gasteiger partial charge in [0.15, 0.2) is 23.0 Å². The van der Waals surface area contributed by atoms with E-state index in [0.717, 1.165) is 11.1 Å². The predicted molar refractivity (Wildman–Crippen MR) is 112 cm³/mol. The molecule has 0 spiro atoms. The fourth-order valence-electron chi connectivity index (χ4n) is 2.53. The molecule has 0 atom stereocenters. The van der Waals surface area contributed by atoms with Gasteiger partial charge in [0.25, 0.3) is 0 Å². The summed E-state index contributed by atoms with van der Waals surface area (Å²) in [6, 6.07) is 10.1. The van der Waals surface area contributed by atoms with Crippen LogP contribution >= 0.6 is 0 Å². The Kier molecular flexibility index (Phi) is 10.8. The lowest BCUT2D eigenvalue weighted by atomic mass is 10.0. The van der Waals surface area contributed by atoms with Gasteiger partial charge in [-0.15, -0.1) is 0 Å². The van der Waals surface area contributed by atoms with Crippen LogP contribution in [0.4, 0.5) is 0 Å². The third-order valence-electron chi connectivity index (χ3n) is 4.09. The van der Waals surface area contributed by atoms with Gasteiger partial charge in [0.05, 0.1) is 39.6 Å². The fourth-order valence-corrected chi connectivity index (χ4v) is 2.53. The number of phenolic OH excluding ortho intramolecular Hbond substituents is 2. The molecule has 0 saturated heterocycles. The van der Waals surface area contributed by atoms with Gasteiger partial charge in [-0.2, -0.15) is 0 Å². The molecule has 30 heavy (non-hydrogen) atoms. The summed E-state index contributed by atoms with van der Waals surface area (Å²) in [5, 5.41) is 20.1. The van der Waals surface area contributed by atoms with E-state index >= 15 is 0 Å². The van der Waals surface area contributed by atoms with Crippen molar-refractivity contribution in [1.29, 1.82) is 0 Å². The highest BCUT2D eigenvalue weighted by atomic mass is 16.5. The van der Waals surface area contributed by atoms with Crippen LogP contribution in [0.1, 0.15) is 0 Å². The van der Waals surface area contributed by atoms with Gasteiger partial charge in [0.1, 0.15) is 13.2 Å². The standard InChI is InChI=1S/C22H30O8/c1-25-7-9-27-11-13-29-21-15-17(3-5-19(21)23)18-4-6-20(24)22(16-18)30-14-12-28-10-8-26-2/h3-6,15-16,23-24H,7-14H2,1-2H3. The van der Waals surface area contributed by atoms with Gasteiger partial charge >= 0.3 is 0 Å². The van der Waals surface area contributed by atoms with E-state index in [2.05, 4.69) is 0 Å². The molecule has 0 saturated carbocycles. The molecule has 0 heterocycles. The molecular formula is C22H30O8. The SMILES string of the molecule is COCCOCCOc1cc(-c2ccc(O)c(OCCOCCOC)c2)ccc1O. The van der Waals surface area contributed by atoms with Gasteiger partial charge in [-0.05, 0) is 35.4 Å². The molecule has 8 nitrogen and oxygen atoms in total. The molecule has 0 aromatic heterocycles. The molecule has 2 rings (SSSR count). The van der Waals surface area contributed by atoms with Crippen LogP contribution in [-0.2, 0) is 18.9 Å². The molecule has 0 radical (unpaired) electrons. The van der Waals surface area contributed by atoms with Crippen LogP contribution in [0.15, 0.2) is 36.4 Å². The molecule has 2 aromatic carbocycles. The maximum Gasteiger partial charge on any atom is 0.161 e. The van der Waals surface area contributed by atoms with Crippen molar-refractivity contribution in [2.45, 2.75) is 0 Å². The van der Waals surface area contributed by atoms with Crippen LogP contribution in [0.2, 0.25) is 0 Å². The Balaban J connectivity index is 1.95. The average Bonchev–Trinajstić information content (AvgIpc) is 2.75. The quantitative estimate of drug-likeness (QED) is 0.423. The van der Waals surface area contributed by atoms with E-state index in [1.54, 1.807) is 50.6 Å². The van der Waals surface area contributed by atoms with Crippen molar-refractivity contribution >= 4 is 0 Å². The zero-order valence-electron chi connectivity index (χ0n) is 17.5. The van der Waals surface area contributed by atoms with E-state index in [9.17, 15) is 10.2 Å². The van der Waals surface area contributed by atoms with Crippen LogP contribution in [0, 0.1) is 0 Å². The van der Waals surface area contributed by atoms with E-state index in [1.807, 2.05) is 0 Å². The van der Waals surface area contributed by atoms with Crippen molar-refractivity contribution < 1.29 is 38.6 Å². The second-order valence-electron chi connectivity index (χ2n) is 6.27. The number of hydrogen-bond donors (Lipinski definition) is 2. The van der Waals surface area contributed by atoms with Crippen molar-refractivity contribution in [2.75, 3.05) is 67.1 Å². The Morgan fingerprint density at radius 1 is 0.567 bits per heavy atom. The minimum absolute atomic E-state index is 0.0408. The molecule has 0 bridgehead atoms. The summed E-state index contributed by atoms with van der Waals surface area (Å²) in [5.41, 5.74) is 1.62. The minimum atomic E-state index is 0.0408. The topological polar surface area (TPSA) is 95.8 Å². The molecule has 0 amide bonds. The van der Waals surface area contributed by atoms with Crippen molar-refractivity contribution in [3.63, 3.8) is 0 Å². The molecule has 0 unspecified atom stereocenters. The average molecular weight is 422 g/mol. The monoisotopic (exact) mass is 422 g/mol. The first kappa shape index (κ1) is 23.8. The van der Waals surface area contributed by atoms with Gasteiger partial charge in [0, 0.05) is 14.2 Å². The summed E-state index contributed by atoms with van der Waals surface area (Å²) in [7, 11) is 3.22. The van der Waals surface area contributed by atoms with Gasteiger partial charge < -0.3 is 38.6 Å². The highest BCUT2D eigenvalue weighted by molar-refractivity contribution is 5.69. The summed E-state index contributed by atoms with van der Waals surface area (Å²) in [6.45, 7) is 3.38. The number of aromatic hydroxyl groups is 2. The predicted octanol–water partition coefficient (Wildman–Crippen LogP) is 2.85. The molecule has 0 aliphatic carbocycles. The minimum Gasteiger partial charge on any atom is -0.504 e. The van der Waals surface area contributed by atoms with E-state index in [-0.39, 0.29) is 11.5 Å². The van der Waals surface area contributed by atoms with Crippen LogP contribution < -0.4 is 9.47 Å². The smallest absolute Gasteiger partial charge is 0.161 e. The van der Waals surface area contributed by atoms with Crippen molar-refractivity contribution in [2.24, 2.45) is 0 Å². The van der Waals surface area contributed by atoms with Crippen LogP contribution in [-0.4, -0.2) is 77.3 Å². The van der Waals surface area contributed by atoms with E-state index < -0.39 is 0 Å². The molecular weight excluding hydrogens is 392 g/mol. The van der Waals surface area contributed by atoms with Gasteiger partial charge in [-0.25, -0.2) is 0 Å². The molecule has 0 aliphatic heterocycles. The van der Waals surface area contributed by atoms with Gasteiger partial charge in [0.2, 0.25) is 0 Å². The van der Waals surface area contributed by atoms with Crippen LogP contribution in [0.5, 0.6) is 23.0 Å². The first-order valence-corrected chi connectivity index (χ1v) is 9.71. The number of ether oxygens (including phenoxy) is 6. The Bertz CT molecular complexity index is 686. The van der Waals surface area contributed by atoms with Crippen LogP contribution in [0.25, 0.3) is 11.1 Å². The Labute approximate surface area is 176 Å². The lowest BCUT2D eigenvalue weighted by molar-refractivity contribution is 0.0540. The molecule has 0 aliphatic rings. The summed E-state index contributed by atoms with van der Waals surface area (Å²) in [5.74, 6) is 0.785. The van der Waals surface area contributed by atoms with Crippen molar-refractivity contribution in [1.82, 2.24) is 0 Å². The summed E-state index contributed by atoms with van der Waals surface area (Å²) in [4.78, 5) is 0. The lowest BCUT2D eigenvalue weighted by Gasteiger charge is -2.13. The molecule has 2 N–H and O–H groups in total. The first-order valence-electron chi connectivity index (χ1n) is 9.71. The lowest BCUT2D eigenvalue weighted by Crippen LogP contribution is -2.10. The highest BCUT2D eigenvalue weighted by Gasteiger charge is 2.10. The van der Waals surface area contributed by atoms with E-state index in [4.69, 9.17) is 28.4 Å². The fraction of sp³-hybridized carbons (Fsp3) is 0.455. The van der Waals surface area contributed by atoms with E-state index in [1.165, 1.54) is 0 Å². The molecule has 0 fully saturated rings. The Hall–Kier alpha value is -2.52. The second kappa shape index (κ2) is 13.7. The van der Waals surface area contributed by atoms with Gasteiger partial charge in [-0.1, -0.05) is 12.1 Å². The third kappa shape index (κ3) is 8.08. The van der Waals surface area contributed by atoms with Crippen molar-refractivity contribution in [3.05, 3.63) is 36.4 Å². The molecule has 166 valence electrons. The number of phenols is 2. The largest absolute Gasteiger partial charge is 0.504 e. The normalized spacial score (nSPS) is 10.9.